The van der Waals surface area contributed by atoms with Crippen molar-refractivity contribution in [2.45, 2.75) is 76.8 Å². The van der Waals surface area contributed by atoms with Crippen molar-refractivity contribution in [1.29, 1.82) is 0 Å². The molecule has 0 spiro atoms. The van der Waals surface area contributed by atoms with Crippen molar-refractivity contribution in [1.82, 2.24) is 0 Å². The van der Waals surface area contributed by atoms with Crippen molar-refractivity contribution in [2.24, 2.45) is 5.92 Å². The molecule has 1 aromatic rings. The van der Waals surface area contributed by atoms with E-state index in [1.807, 2.05) is 0 Å². The molecule has 1 fully saturated rings. The number of alkyl halides is 3. The number of halogens is 4. The van der Waals surface area contributed by atoms with Gasteiger partial charge in [0.2, 0.25) is 0 Å². The second kappa shape index (κ2) is 8.16. The van der Waals surface area contributed by atoms with Crippen molar-refractivity contribution in [2.75, 3.05) is 0 Å². The highest BCUT2D eigenvalue weighted by atomic mass is 19.4. The van der Waals surface area contributed by atoms with Gasteiger partial charge in [0.1, 0.15) is 5.82 Å². The Hall–Kier alpha value is -1.06. The summed E-state index contributed by atoms with van der Waals surface area (Å²) in [5.74, 6) is 0.0796. The zero-order valence-corrected chi connectivity index (χ0v) is 13.8. The molecule has 0 radical (unpaired) electrons. The Morgan fingerprint density at radius 3 is 2.26 bits per heavy atom. The first-order valence-corrected chi connectivity index (χ1v) is 8.78. The summed E-state index contributed by atoms with van der Waals surface area (Å²) in [6, 6.07) is 2.99. The summed E-state index contributed by atoms with van der Waals surface area (Å²) >= 11 is 0. The molecule has 2 rings (SSSR count). The monoisotopic (exact) mass is 330 g/mol. The van der Waals surface area contributed by atoms with Crippen LogP contribution in [0.1, 0.15) is 81.8 Å². The molecule has 1 aliphatic carbocycles. The summed E-state index contributed by atoms with van der Waals surface area (Å²) < 4.78 is 51.8. The van der Waals surface area contributed by atoms with E-state index in [0.29, 0.717) is 17.5 Å². The quantitative estimate of drug-likeness (QED) is 0.386. The summed E-state index contributed by atoms with van der Waals surface area (Å²) in [6.45, 7) is 2.20. The van der Waals surface area contributed by atoms with Crippen LogP contribution >= 0.6 is 0 Å². The third-order valence-corrected chi connectivity index (χ3v) is 5.08. The Balaban J connectivity index is 1.88. The van der Waals surface area contributed by atoms with Gasteiger partial charge < -0.3 is 0 Å². The third kappa shape index (κ3) is 5.22. The van der Waals surface area contributed by atoms with Crippen LogP contribution in [0, 0.1) is 11.7 Å². The minimum atomic E-state index is -4.48. The maximum atomic E-state index is 14.0. The normalized spacial score (nSPS) is 22.3. The molecule has 0 atom stereocenters. The average molecular weight is 330 g/mol. The molecular formula is C19H26F4. The smallest absolute Gasteiger partial charge is 0.207 e. The van der Waals surface area contributed by atoms with Crippen LogP contribution in [0.3, 0.4) is 0 Å². The molecular weight excluding hydrogens is 304 g/mol. The van der Waals surface area contributed by atoms with Crippen LogP contribution < -0.4 is 0 Å². The lowest BCUT2D eigenvalue weighted by Gasteiger charge is -2.29. The second-order valence-electron chi connectivity index (χ2n) is 6.80. The number of hydrogen-bond acceptors (Lipinski definition) is 0. The van der Waals surface area contributed by atoms with Crippen LogP contribution in [0.15, 0.2) is 18.2 Å². The van der Waals surface area contributed by atoms with Gasteiger partial charge in [-0.25, -0.2) is 4.39 Å². The fraction of sp³-hybridized carbons (Fsp3) is 0.684. The highest BCUT2D eigenvalue weighted by Gasteiger charge is 2.32. The van der Waals surface area contributed by atoms with Gasteiger partial charge in [-0.15, -0.1) is 0 Å². The summed E-state index contributed by atoms with van der Waals surface area (Å²) in [4.78, 5) is 0. The van der Waals surface area contributed by atoms with Crippen molar-refractivity contribution < 1.29 is 17.6 Å². The molecule has 0 nitrogen and oxygen atoms in total. The van der Waals surface area contributed by atoms with E-state index >= 15 is 0 Å². The van der Waals surface area contributed by atoms with E-state index in [1.165, 1.54) is 38.2 Å². The molecule has 0 heterocycles. The molecule has 1 saturated carbocycles. The van der Waals surface area contributed by atoms with E-state index in [4.69, 9.17) is 0 Å². The molecule has 0 unspecified atom stereocenters. The molecule has 0 saturated heterocycles. The van der Waals surface area contributed by atoms with Crippen LogP contribution in [-0.2, 0) is 6.18 Å². The molecule has 0 amide bonds. The second-order valence-corrected chi connectivity index (χ2v) is 6.80. The molecule has 0 bridgehead atoms. The van der Waals surface area contributed by atoms with Gasteiger partial charge in [0, 0.05) is 0 Å². The zero-order chi connectivity index (χ0) is 16.9. The van der Waals surface area contributed by atoms with Gasteiger partial charge in [0.15, 0.2) is 0 Å². The van der Waals surface area contributed by atoms with E-state index in [1.54, 1.807) is 0 Å². The molecule has 130 valence electrons. The Morgan fingerprint density at radius 2 is 1.70 bits per heavy atom. The van der Waals surface area contributed by atoms with E-state index < -0.39 is 17.6 Å². The topological polar surface area (TPSA) is 0 Å². The molecule has 1 aromatic carbocycles. The van der Waals surface area contributed by atoms with Crippen molar-refractivity contribution in [3.8, 4) is 0 Å². The Kier molecular flexibility index (Phi) is 6.49. The van der Waals surface area contributed by atoms with Crippen LogP contribution in [-0.4, -0.2) is 0 Å². The SMILES string of the molecule is CCCCCCC1CCC(c2ccc(C(F)(F)F)cc2F)CC1. The fourth-order valence-electron chi connectivity index (χ4n) is 3.66. The van der Waals surface area contributed by atoms with Crippen LogP contribution in [0.2, 0.25) is 0 Å². The highest BCUT2D eigenvalue weighted by molar-refractivity contribution is 5.29. The van der Waals surface area contributed by atoms with Gasteiger partial charge in [-0.3, -0.25) is 0 Å². The van der Waals surface area contributed by atoms with Crippen LogP contribution in [0.4, 0.5) is 17.6 Å². The molecule has 0 aliphatic heterocycles. The van der Waals surface area contributed by atoms with Crippen molar-refractivity contribution in [3.63, 3.8) is 0 Å². The lowest BCUT2D eigenvalue weighted by Crippen LogP contribution is -2.15. The first-order valence-electron chi connectivity index (χ1n) is 8.78. The summed E-state index contributed by atoms with van der Waals surface area (Å²) in [6.07, 6.45) is 5.74. The molecule has 23 heavy (non-hydrogen) atoms. The lowest BCUT2D eigenvalue weighted by molar-refractivity contribution is -0.137. The summed E-state index contributed by atoms with van der Waals surface area (Å²) in [5.41, 5.74) is -0.439. The number of benzene rings is 1. The molecule has 0 aromatic heterocycles. The number of hydrogen-bond donors (Lipinski definition) is 0. The molecule has 4 heteroatoms. The average Bonchev–Trinajstić information content (AvgIpc) is 2.51. The maximum absolute atomic E-state index is 14.0. The Labute approximate surface area is 136 Å². The summed E-state index contributed by atoms with van der Waals surface area (Å²) in [5, 5.41) is 0. The number of unbranched alkanes of at least 4 members (excludes halogenated alkanes) is 3. The first kappa shape index (κ1) is 18.3. The van der Waals surface area contributed by atoms with E-state index in [2.05, 4.69) is 6.92 Å². The van der Waals surface area contributed by atoms with Gasteiger partial charge >= 0.3 is 6.18 Å². The maximum Gasteiger partial charge on any atom is 0.416 e. The van der Waals surface area contributed by atoms with E-state index in [-0.39, 0.29) is 5.92 Å². The standard InChI is InChI=1S/C19H26F4/c1-2-3-4-5-6-14-7-9-15(10-8-14)17-12-11-16(13-18(17)20)19(21,22)23/h11-15H,2-10H2,1H3. The summed E-state index contributed by atoms with van der Waals surface area (Å²) in [7, 11) is 0. The van der Waals surface area contributed by atoms with Gasteiger partial charge in [-0.05, 0) is 55.2 Å². The highest BCUT2D eigenvalue weighted by Crippen LogP contribution is 2.40. The predicted molar refractivity (Wildman–Crippen MR) is 84.9 cm³/mol. The fourth-order valence-corrected chi connectivity index (χ4v) is 3.66. The zero-order valence-electron chi connectivity index (χ0n) is 13.8. The van der Waals surface area contributed by atoms with Crippen molar-refractivity contribution in [3.05, 3.63) is 35.1 Å². The van der Waals surface area contributed by atoms with E-state index in [0.717, 1.165) is 31.7 Å². The molecule has 0 N–H and O–H groups in total. The molecule has 1 aliphatic rings. The number of rotatable bonds is 6. The largest absolute Gasteiger partial charge is 0.416 e. The minimum Gasteiger partial charge on any atom is -0.207 e. The van der Waals surface area contributed by atoms with Gasteiger partial charge in [-0.1, -0.05) is 45.1 Å². The van der Waals surface area contributed by atoms with Crippen molar-refractivity contribution >= 4 is 0 Å². The van der Waals surface area contributed by atoms with Gasteiger partial charge in [-0.2, -0.15) is 13.2 Å². The predicted octanol–water partition coefficient (Wildman–Crippen LogP) is 7.09. The third-order valence-electron chi connectivity index (χ3n) is 5.08. The van der Waals surface area contributed by atoms with Gasteiger partial charge in [0.25, 0.3) is 0 Å². The Bertz CT molecular complexity index is 485. The first-order chi connectivity index (χ1) is 10.9. The van der Waals surface area contributed by atoms with Gasteiger partial charge in [0.05, 0.1) is 5.56 Å². The van der Waals surface area contributed by atoms with Crippen LogP contribution in [0.5, 0.6) is 0 Å². The lowest BCUT2D eigenvalue weighted by atomic mass is 9.77. The van der Waals surface area contributed by atoms with Crippen LogP contribution in [0.25, 0.3) is 0 Å². The van der Waals surface area contributed by atoms with E-state index in [9.17, 15) is 17.6 Å². The Morgan fingerprint density at radius 1 is 1.00 bits per heavy atom. The minimum absolute atomic E-state index is 0.0733.